The minimum atomic E-state index is -0.360. The summed E-state index contributed by atoms with van der Waals surface area (Å²) in [7, 11) is 0. The van der Waals surface area contributed by atoms with E-state index in [-0.39, 0.29) is 24.2 Å². The summed E-state index contributed by atoms with van der Waals surface area (Å²) >= 11 is 5.93. The lowest BCUT2D eigenvalue weighted by atomic mass is 10.1. The second-order valence-corrected chi connectivity index (χ2v) is 6.32. The van der Waals surface area contributed by atoms with Gasteiger partial charge in [-0.15, -0.1) is 0 Å². The number of aryl methyl sites for hydroxylation is 1. The summed E-state index contributed by atoms with van der Waals surface area (Å²) in [5.74, 6) is -0.523. The molecule has 1 aliphatic heterocycles. The number of hydrogen-bond acceptors (Lipinski definition) is 2. The molecule has 2 amide bonds. The Morgan fingerprint density at radius 1 is 1.25 bits per heavy atom. The van der Waals surface area contributed by atoms with Crippen molar-refractivity contribution in [2.24, 2.45) is 5.92 Å². The maximum absolute atomic E-state index is 12.5. The third-order valence-corrected chi connectivity index (χ3v) is 4.49. The Morgan fingerprint density at radius 3 is 2.79 bits per heavy atom. The topological polar surface area (TPSA) is 49.4 Å². The van der Waals surface area contributed by atoms with Crippen LogP contribution in [-0.2, 0) is 16.0 Å². The lowest BCUT2D eigenvalue weighted by Gasteiger charge is -2.20. The van der Waals surface area contributed by atoms with Crippen molar-refractivity contribution in [3.63, 3.8) is 0 Å². The summed E-state index contributed by atoms with van der Waals surface area (Å²) in [6.07, 6.45) is 1.07. The molecule has 0 radical (unpaired) electrons. The number of benzene rings is 2. The van der Waals surface area contributed by atoms with Crippen molar-refractivity contribution in [1.82, 2.24) is 0 Å². The van der Waals surface area contributed by atoms with Gasteiger partial charge in [0.1, 0.15) is 0 Å². The summed E-state index contributed by atoms with van der Waals surface area (Å²) in [5.41, 5.74) is 2.66. The van der Waals surface area contributed by atoms with Crippen LogP contribution in [0.2, 0.25) is 5.02 Å². The van der Waals surface area contributed by atoms with Crippen LogP contribution >= 0.6 is 11.6 Å². The van der Waals surface area contributed by atoms with Crippen molar-refractivity contribution >= 4 is 34.8 Å². The van der Waals surface area contributed by atoms with Crippen LogP contribution in [-0.4, -0.2) is 18.4 Å². The SMILES string of the molecule is CCc1ccccc1N1C[C@@H](C(=O)Nc2cccc(Cl)c2)CC1=O. The average molecular weight is 343 g/mol. The third kappa shape index (κ3) is 3.44. The van der Waals surface area contributed by atoms with Gasteiger partial charge in [0.05, 0.1) is 5.92 Å². The molecule has 0 unspecified atom stereocenters. The predicted octanol–water partition coefficient (Wildman–Crippen LogP) is 3.89. The molecule has 1 heterocycles. The van der Waals surface area contributed by atoms with Crippen molar-refractivity contribution in [3.8, 4) is 0 Å². The molecule has 0 aliphatic carbocycles. The molecule has 24 heavy (non-hydrogen) atoms. The van der Waals surface area contributed by atoms with Gasteiger partial charge in [-0.3, -0.25) is 9.59 Å². The van der Waals surface area contributed by atoms with Crippen LogP contribution in [0.3, 0.4) is 0 Å². The third-order valence-electron chi connectivity index (χ3n) is 4.25. The Labute approximate surface area is 146 Å². The van der Waals surface area contributed by atoms with Gasteiger partial charge in [-0.05, 0) is 36.2 Å². The molecule has 4 nitrogen and oxygen atoms in total. The Hall–Kier alpha value is -2.33. The molecule has 2 aromatic rings. The molecule has 124 valence electrons. The van der Waals surface area contributed by atoms with E-state index in [1.165, 1.54) is 0 Å². The molecule has 1 N–H and O–H groups in total. The number of nitrogens with one attached hydrogen (secondary N) is 1. The minimum Gasteiger partial charge on any atom is -0.326 e. The fourth-order valence-corrected chi connectivity index (χ4v) is 3.19. The van der Waals surface area contributed by atoms with Gasteiger partial charge in [0.25, 0.3) is 0 Å². The highest BCUT2D eigenvalue weighted by atomic mass is 35.5. The average Bonchev–Trinajstić information content (AvgIpc) is 2.96. The van der Waals surface area contributed by atoms with Gasteiger partial charge < -0.3 is 10.2 Å². The maximum Gasteiger partial charge on any atom is 0.229 e. The molecule has 0 saturated carbocycles. The first-order valence-electron chi connectivity index (χ1n) is 8.03. The van der Waals surface area contributed by atoms with Crippen LogP contribution in [0.5, 0.6) is 0 Å². The van der Waals surface area contributed by atoms with E-state index >= 15 is 0 Å². The molecule has 1 fully saturated rings. The molecule has 2 aromatic carbocycles. The van der Waals surface area contributed by atoms with Crippen LogP contribution in [0.15, 0.2) is 48.5 Å². The van der Waals surface area contributed by atoms with Gasteiger partial charge >= 0.3 is 0 Å². The summed E-state index contributed by atoms with van der Waals surface area (Å²) in [6, 6.07) is 14.8. The van der Waals surface area contributed by atoms with Crippen molar-refractivity contribution in [3.05, 3.63) is 59.1 Å². The van der Waals surface area contributed by atoms with E-state index < -0.39 is 0 Å². The number of halogens is 1. The van der Waals surface area contributed by atoms with E-state index in [4.69, 9.17) is 11.6 Å². The fraction of sp³-hybridized carbons (Fsp3) is 0.263. The monoisotopic (exact) mass is 342 g/mol. The molecular formula is C19H19ClN2O2. The van der Waals surface area contributed by atoms with Crippen LogP contribution in [0, 0.1) is 5.92 Å². The normalized spacial score (nSPS) is 17.2. The summed E-state index contributed by atoms with van der Waals surface area (Å²) in [6.45, 7) is 2.46. The van der Waals surface area contributed by atoms with E-state index in [1.54, 1.807) is 29.2 Å². The van der Waals surface area contributed by atoms with Crippen molar-refractivity contribution in [1.29, 1.82) is 0 Å². The zero-order chi connectivity index (χ0) is 17.1. The highest BCUT2D eigenvalue weighted by Crippen LogP contribution is 2.29. The fourth-order valence-electron chi connectivity index (χ4n) is 3.00. The molecule has 1 aliphatic rings. The highest BCUT2D eigenvalue weighted by Gasteiger charge is 2.35. The largest absolute Gasteiger partial charge is 0.326 e. The molecule has 0 spiro atoms. The Kier molecular flexibility index (Phi) is 4.86. The highest BCUT2D eigenvalue weighted by molar-refractivity contribution is 6.30. The quantitative estimate of drug-likeness (QED) is 0.916. The number of nitrogens with zero attached hydrogens (tertiary/aromatic N) is 1. The minimum absolute atomic E-state index is 0.0119. The van der Waals surface area contributed by atoms with Crippen molar-refractivity contribution in [2.45, 2.75) is 19.8 Å². The number of hydrogen-bond donors (Lipinski definition) is 1. The van der Waals surface area contributed by atoms with Crippen LogP contribution in [0.25, 0.3) is 0 Å². The summed E-state index contributed by atoms with van der Waals surface area (Å²) in [4.78, 5) is 26.6. The Balaban J connectivity index is 1.73. The van der Waals surface area contributed by atoms with Crippen molar-refractivity contribution in [2.75, 3.05) is 16.8 Å². The molecule has 0 aromatic heterocycles. The number of amides is 2. The van der Waals surface area contributed by atoms with Crippen LogP contribution in [0.1, 0.15) is 18.9 Å². The summed E-state index contributed by atoms with van der Waals surface area (Å²) < 4.78 is 0. The van der Waals surface area contributed by atoms with Gasteiger partial charge in [0.2, 0.25) is 11.8 Å². The molecule has 5 heteroatoms. The first-order chi connectivity index (χ1) is 11.6. The van der Waals surface area contributed by atoms with Crippen molar-refractivity contribution < 1.29 is 9.59 Å². The smallest absolute Gasteiger partial charge is 0.229 e. The lowest BCUT2D eigenvalue weighted by molar-refractivity contribution is -0.122. The Bertz CT molecular complexity index is 775. The number of carbonyl (C=O) groups is 2. The number of para-hydroxylation sites is 1. The van der Waals surface area contributed by atoms with Gasteiger partial charge in [-0.2, -0.15) is 0 Å². The van der Waals surface area contributed by atoms with Gasteiger partial charge in [-0.1, -0.05) is 42.8 Å². The standard InChI is InChI=1S/C19H19ClN2O2/c1-2-13-6-3-4-9-17(13)22-12-14(10-18(22)23)19(24)21-16-8-5-7-15(20)11-16/h3-9,11,14H,2,10,12H2,1H3,(H,21,24)/t14-/m0/s1. The predicted molar refractivity (Wildman–Crippen MR) is 96.4 cm³/mol. The zero-order valence-electron chi connectivity index (χ0n) is 13.5. The zero-order valence-corrected chi connectivity index (χ0v) is 14.2. The second-order valence-electron chi connectivity index (χ2n) is 5.89. The van der Waals surface area contributed by atoms with Crippen LogP contribution in [0.4, 0.5) is 11.4 Å². The van der Waals surface area contributed by atoms with E-state index in [0.29, 0.717) is 17.3 Å². The van der Waals surface area contributed by atoms with Crippen LogP contribution < -0.4 is 10.2 Å². The van der Waals surface area contributed by atoms with Gasteiger partial charge in [0, 0.05) is 29.4 Å². The summed E-state index contributed by atoms with van der Waals surface area (Å²) in [5, 5.41) is 3.41. The van der Waals surface area contributed by atoms with E-state index in [0.717, 1.165) is 17.7 Å². The van der Waals surface area contributed by atoms with E-state index in [2.05, 4.69) is 12.2 Å². The molecule has 1 atom stereocenters. The first kappa shape index (κ1) is 16.5. The van der Waals surface area contributed by atoms with E-state index in [9.17, 15) is 9.59 Å². The Morgan fingerprint density at radius 2 is 2.04 bits per heavy atom. The number of rotatable bonds is 4. The number of carbonyl (C=O) groups excluding carboxylic acids is 2. The second kappa shape index (κ2) is 7.05. The van der Waals surface area contributed by atoms with Gasteiger partial charge in [0.15, 0.2) is 0 Å². The van der Waals surface area contributed by atoms with Gasteiger partial charge in [-0.25, -0.2) is 0 Å². The number of anilines is 2. The van der Waals surface area contributed by atoms with E-state index in [1.807, 2.05) is 24.3 Å². The lowest BCUT2D eigenvalue weighted by Crippen LogP contribution is -2.28. The molecule has 3 rings (SSSR count). The molecule has 0 bridgehead atoms. The molecular weight excluding hydrogens is 324 g/mol. The molecule has 1 saturated heterocycles. The first-order valence-corrected chi connectivity index (χ1v) is 8.41. The maximum atomic E-state index is 12.5.